The van der Waals surface area contributed by atoms with Crippen molar-refractivity contribution in [2.45, 2.75) is 26.4 Å². The maximum atomic E-state index is 11.7. The number of hydrogen-bond acceptors (Lipinski definition) is 7. The van der Waals surface area contributed by atoms with Crippen molar-refractivity contribution in [3.05, 3.63) is 34.6 Å². The van der Waals surface area contributed by atoms with Crippen molar-refractivity contribution in [2.24, 2.45) is 0 Å². The van der Waals surface area contributed by atoms with Crippen LogP contribution >= 0.6 is 0 Å². The van der Waals surface area contributed by atoms with Crippen LogP contribution in [0.25, 0.3) is 11.4 Å². The van der Waals surface area contributed by atoms with E-state index in [9.17, 15) is 14.4 Å². The molecule has 2 aromatic heterocycles. The van der Waals surface area contributed by atoms with Gasteiger partial charge in [-0.25, -0.2) is 9.59 Å². The number of H-pyrrole nitrogens is 1. The van der Waals surface area contributed by atoms with Gasteiger partial charge in [0.2, 0.25) is 17.3 Å². The van der Waals surface area contributed by atoms with Crippen LogP contribution in [0.1, 0.15) is 19.7 Å². The van der Waals surface area contributed by atoms with Gasteiger partial charge in [0.15, 0.2) is 0 Å². The topological polar surface area (TPSA) is 139 Å². The number of carbonyl (C=O) groups excluding carboxylic acids is 2. The molecule has 0 aliphatic heterocycles. The SMILES string of the molecule is CCOC(=O)[C@H](C)NC(=O)NCc1nc(-c2cc[nH]c(=O)c2)no1. The van der Waals surface area contributed by atoms with Crippen molar-refractivity contribution >= 4 is 12.0 Å². The maximum absolute atomic E-state index is 11.7. The first-order valence-corrected chi connectivity index (χ1v) is 7.22. The predicted octanol–water partition coefficient (Wildman–Crippen LogP) is 0.176. The number of ether oxygens (including phenoxy) is 1. The highest BCUT2D eigenvalue weighted by Crippen LogP contribution is 2.12. The lowest BCUT2D eigenvalue weighted by molar-refractivity contribution is -0.144. The molecule has 0 saturated heterocycles. The summed E-state index contributed by atoms with van der Waals surface area (Å²) in [6.45, 7) is 3.39. The Balaban J connectivity index is 1.88. The number of carbonyl (C=O) groups is 2. The quantitative estimate of drug-likeness (QED) is 0.640. The van der Waals surface area contributed by atoms with Crippen molar-refractivity contribution in [3.63, 3.8) is 0 Å². The first kappa shape index (κ1) is 17.2. The smallest absolute Gasteiger partial charge is 0.328 e. The summed E-state index contributed by atoms with van der Waals surface area (Å²) in [4.78, 5) is 40.9. The van der Waals surface area contributed by atoms with E-state index in [2.05, 4.69) is 25.8 Å². The predicted molar refractivity (Wildman–Crippen MR) is 81.8 cm³/mol. The van der Waals surface area contributed by atoms with Gasteiger partial charge in [-0.05, 0) is 19.9 Å². The molecule has 128 valence electrons. The largest absolute Gasteiger partial charge is 0.464 e. The van der Waals surface area contributed by atoms with Crippen LogP contribution in [0.4, 0.5) is 4.79 Å². The highest BCUT2D eigenvalue weighted by molar-refractivity contribution is 5.83. The average Bonchev–Trinajstić information content (AvgIpc) is 3.02. The molecule has 0 fully saturated rings. The summed E-state index contributed by atoms with van der Waals surface area (Å²) in [5.74, 6) is -0.135. The van der Waals surface area contributed by atoms with Gasteiger partial charge >= 0.3 is 12.0 Å². The molecular formula is C14H17N5O5. The molecule has 0 aliphatic carbocycles. The van der Waals surface area contributed by atoms with E-state index in [0.717, 1.165) is 0 Å². The van der Waals surface area contributed by atoms with Gasteiger partial charge in [0.1, 0.15) is 6.04 Å². The van der Waals surface area contributed by atoms with Crippen LogP contribution in [0.15, 0.2) is 27.6 Å². The van der Waals surface area contributed by atoms with E-state index >= 15 is 0 Å². The molecule has 0 aliphatic rings. The molecule has 0 saturated carbocycles. The van der Waals surface area contributed by atoms with Crippen LogP contribution in [-0.2, 0) is 16.1 Å². The number of amides is 2. The molecular weight excluding hydrogens is 318 g/mol. The number of esters is 1. The van der Waals surface area contributed by atoms with E-state index in [4.69, 9.17) is 9.26 Å². The number of nitrogens with zero attached hydrogens (tertiary/aromatic N) is 2. The van der Waals surface area contributed by atoms with E-state index in [-0.39, 0.29) is 30.4 Å². The molecule has 2 heterocycles. The number of nitrogens with one attached hydrogen (secondary N) is 3. The maximum Gasteiger partial charge on any atom is 0.328 e. The normalized spacial score (nSPS) is 11.6. The minimum atomic E-state index is -0.778. The fourth-order valence-electron chi connectivity index (χ4n) is 1.76. The van der Waals surface area contributed by atoms with Gasteiger partial charge in [0.25, 0.3) is 0 Å². The zero-order valence-electron chi connectivity index (χ0n) is 13.2. The second-order valence-electron chi connectivity index (χ2n) is 4.75. The minimum Gasteiger partial charge on any atom is -0.464 e. The summed E-state index contributed by atoms with van der Waals surface area (Å²) in [7, 11) is 0. The molecule has 0 spiro atoms. The highest BCUT2D eigenvalue weighted by atomic mass is 16.5. The van der Waals surface area contributed by atoms with E-state index in [1.165, 1.54) is 19.2 Å². The third kappa shape index (κ3) is 4.66. The fraction of sp³-hybridized carbons (Fsp3) is 0.357. The number of rotatable bonds is 6. The summed E-state index contributed by atoms with van der Waals surface area (Å²) < 4.78 is 9.77. The lowest BCUT2D eigenvalue weighted by atomic mass is 10.2. The Hall–Kier alpha value is -3.17. The molecule has 24 heavy (non-hydrogen) atoms. The van der Waals surface area contributed by atoms with Crippen LogP contribution in [0.5, 0.6) is 0 Å². The molecule has 10 nitrogen and oxygen atoms in total. The number of hydrogen-bond donors (Lipinski definition) is 3. The van der Waals surface area contributed by atoms with E-state index in [1.54, 1.807) is 13.0 Å². The van der Waals surface area contributed by atoms with Gasteiger partial charge in [-0.1, -0.05) is 5.16 Å². The van der Waals surface area contributed by atoms with Gasteiger partial charge in [0, 0.05) is 17.8 Å². The Morgan fingerprint density at radius 2 is 2.25 bits per heavy atom. The average molecular weight is 335 g/mol. The van der Waals surface area contributed by atoms with Crippen molar-refractivity contribution in [2.75, 3.05) is 6.61 Å². The van der Waals surface area contributed by atoms with Gasteiger partial charge in [-0.2, -0.15) is 4.98 Å². The van der Waals surface area contributed by atoms with Gasteiger partial charge in [-0.3, -0.25) is 4.79 Å². The first-order valence-electron chi connectivity index (χ1n) is 7.22. The van der Waals surface area contributed by atoms with Crippen molar-refractivity contribution in [1.29, 1.82) is 0 Å². The molecule has 2 aromatic rings. The van der Waals surface area contributed by atoms with Crippen LogP contribution in [0, 0.1) is 0 Å². The second-order valence-corrected chi connectivity index (χ2v) is 4.75. The number of pyridine rings is 1. The monoisotopic (exact) mass is 335 g/mol. The Morgan fingerprint density at radius 3 is 2.96 bits per heavy atom. The standard InChI is InChI=1S/C14H17N5O5/c1-3-23-13(21)8(2)17-14(22)16-7-11-18-12(19-24-11)9-4-5-15-10(20)6-9/h4-6,8H,3,7H2,1-2H3,(H,15,20)(H2,16,17,22)/t8-/m0/s1. The van der Waals surface area contributed by atoms with Crippen LogP contribution in [0.2, 0.25) is 0 Å². The second kappa shape index (κ2) is 7.90. The van der Waals surface area contributed by atoms with Crippen LogP contribution in [-0.4, -0.2) is 39.8 Å². The molecule has 0 aromatic carbocycles. The zero-order chi connectivity index (χ0) is 17.5. The van der Waals surface area contributed by atoms with E-state index in [1.807, 2.05) is 0 Å². The lowest BCUT2D eigenvalue weighted by Gasteiger charge is -2.12. The Kier molecular flexibility index (Phi) is 5.66. The highest BCUT2D eigenvalue weighted by Gasteiger charge is 2.17. The molecule has 2 amide bonds. The summed E-state index contributed by atoms with van der Waals surface area (Å²) in [6.07, 6.45) is 1.47. The first-order chi connectivity index (χ1) is 11.5. The Morgan fingerprint density at radius 1 is 1.46 bits per heavy atom. The molecule has 2 rings (SSSR count). The lowest BCUT2D eigenvalue weighted by Crippen LogP contribution is -2.44. The van der Waals surface area contributed by atoms with Crippen LogP contribution in [0.3, 0.4) is 0 Å². The number of aromatic nitrogens is 3. The minimum absolute atomic E-state index is 0.0302. The van der Waals surface area contributed by atoms with E-state index in [0.29, 0.717) is 5.56 Å². The van der Waals surface area contributed by atoms with Gasteiger partial charge in [0.05, 0.1) is 13.2 Å². The Labute approximate surface area is 136 Å². The molecule has 1 atom stereocenters. The molecule has 0 unspecified atom stereocenters. The molecule has 0 radical (unpaired) electrons. The molecule has 10 heteroatoms. The summed E-state index contributed by atoms with van der Waals surface area (Å²) >= 11 is 0. The van der Waals surface area contributed by atoms with Crippen LogP contribution < -0.4 is 16.2 Å². The Bertz CT molecular complexity index is 769. The van der Waals surface area contributed by atoms with Crippen molar-refractivity contribution in [3.8, 4) is 11.4 Å². The number of aromatic amines is 1. The third-order valence-corrected chi connectivity index (χ3v) is 2.89. The zero-order valence-corrected chi connectivity index (χ0v) is 13.2. The fourth-order valence-corrected chi connectivity index (χ4v) is 1.76. The van der Waals surface area contributed by atoms with Gasteiger partial charge in [-0.15, -0.1) is 0 Å². The molecule has 0 bridgehead atoms. The van der Waals surface area contributed by atoms with Crippen molar-refractivity contribution < 1.29 is 18.8 Å². The molecule has 3 N–H and O–H groups in total. The number of urea groups is 1. The van der Waals surface area contributed by atoms with Crippen molar-refractivity contribution in [1.82, 2.24) is 25.8 Å². The third-order valence-electron chi connectivity index (χ3n) is 2.89. The van der Waals surface area contributed by atoms with E-state index < -0.39 is 18.0 Å². The van der Waals surface area contributed by atoms with Gasteiger partial charge < -0.3 is 24.9 Å². The summed E-state index contributed by atoms with van der Waals surface area (Å²) in [5, 5.41) is 8.64. The summed E-state index contributed by atoms with van der Waals surface area (Å²) in [5.41, 5.74) is 0.207. The summed E-state index contributed by atoms with van der Waals surface area (Å²) in [6, 6.07) is 1.60.